The summed E-state index contributed by atoms with van der Waals surface area (Å²) in [6.07, 6.45) is 0. The van der Waals surface area contributed by atoms with E-state index in [-0.39, 0.29) is 6.54 Å². The third-order valence-corrected chi connectivity index (χ3v) is 1.43. The molecule has 0 bridgehead atoms. The van der Waals surface area contributed by atoms with E-state index in [2.05, 4.69) is 15.4 Å². The molecule has 0 unspecified atom stereocenters. The monoisotopic (exact) mass is 218 g/mol. The Hall–Kier alpha value is -1.30. The van der Waals surface area contributed by atoms with Gasteiger partial charge in [0.25, 0.3) is 0 Å². The summed E-state index contributed by atoms with van der Waals surface area (Å²) < 4.78 is 9.64. The van der Waals surface area contributed by atoms with Gasteiger partial charge >= 0.3 is 12.0 Å². The van der Waals surface area contributed by atoms with Gasteiger partial charge in [0.05, 0.1) is 13.2 Å². The molecule has 0 aromatic carbocycles. The van der Waals surface area contributed by atoms with Gasteiger partial charge in [0.1, 0.15) is 6.54 Å². The summed E-state index contributed by atoms with van der Waals surface area (Å²) in [5.41, 5.74) is 0. The zero-order valence-corrected chi connectivity index (χ0v) is 9.17. The van der Waals surface area contributed by atoms with E-state index in [1.54, 1.807) is 6.92 Å². The van der Waals surface area contributed by atoms with Crippen LogP contribution in [0.5, 0.6) is 0 Å². The summed E-state index contributed by atoms with van der Waals surface area (Å²) in [6, 6.07) is -0.400. The van der Waals surface area contributed by atoms with Crippen LogP contribution >= 0.6 is 0 Å². The Labute approximate surface area is 89.3 Å². The zero-order valence-electron chi connectivity index (χ0n) is 9.17. The maximum atomic E-state index is 11.0. The average Bonchev–Trinajstić information content (AvgIpc) is 2.22. The van der Waals surface area contributed by atoms with Crippen molar-refractivity contribution in [3.8, 4) is 0 Å². The Morgan fingerprint density at radius 1 is 1.13 bits per heavy atom. The number of amides is 2. The minimum absolute atomic E-state index is 0.117. The quantitative estimate of drug-likeness (QED) is 0.461. The van der Waals surface area contributed by atoms with Gasteiger partial charge in [0.2, 0.25) is 0 Å². The minimum atomic E-state index is -0.447. The van der Waals surface area contributed by atoms with Crippen LogP contribution in [0.4, 0.5) is 4.79 Å². The van der Waals surface area contributed by atoms with Gasteiger partial charge < -0.3 is 20.1 Å². The molecular weight excluding hydrogens is 200 g/mol. The highest BCUT2D eigenvalue weighted by Crippen LogP contribution is 1.76. The SMILES string of the molecule is CCOCCNC(=O)NCC(=O)OCC. The summed E-state index contributed by atoms with van der Waals surface area (Å²) in [5.74, 6) is -0.447. The number of ether oxygens (including phenoxy) is 2. The van der Waals surface area contributed by atoms with Gasteiger partial charge in [-0.25, -0.2) is 4.79 Å². The van der Waals surface area contributed by atoms with E-state index in [4.69, 9.17) is 4.74 Å². The van der Waals surface area contributed by atoms with Crippen molar-refractivity contribution in [1.29, 1.82) is 0 Å². The van der Waals surface area contributed by atoms with Gasteiger partial charge in [0, 0.05) is 13.2 Å². The molecule has 15 heavy (non-hydrogen) atoms. The molecule has 0 atom stereocenters. The first-order valence-electron chi connectivity index (χ1n) is 4.95. The summed E-state index contributed by atoms with van der Waals surface area (Å²) in [6.45, 7) is 5.28. The number of carbonyl (C=O) groups excluding carboxylic acids is 2. The predicted molar refractivity (Wildman–Crippen MR) is 54.5 cm³/mol. The fraction of sp³-hybridized carbons (Fsp3) is 0.778. The number of hydrogen-bond acceptors (Lipinski definition) is 4. The number of hydrogen-bond donors (Lipinski definition) is 2. The summed E-state index contributed by atoms with van der Waals surface area (Å²) in [5, 5.41) is 4.90. The smallest absolute Gasteiger partial charge is 0.325 e. The van der Waals surface area contributed by atoms with Crippen molar-refractivity contribution < 1.29 is 19.1 Å². The number of urea groups is 1. The molecule has 0 aromatic heterocycles. The fourth-order valence-corrected chi connectivity index (χ4v) is 0.808. The van der Waals surface area contributed by atoms with E-state index in [1.807, 2.05) is 6.92 Å². The molecule has 0 saturated heterocycles. The molecule has 6 nitrogen and oxygen atoms in total. The topological polar surface area (TPSA) is 76.7 Å². The highest BCUT2D eigenvalue weighted by Gasteiger charge is 2.04. The maximum absolute atomic E-state index is 11.0. The average molecular weight is 218 g/mol. The second-order valence-corrected chi connectivity index (χ2v) is 2.61. The Bertz CT molecular complexity index is 197. The minimum Gasteiger partial charge on any atom is -0.465 e. The van der Waals surface area contributed by atoms with Gasteiger partial charge in [-0.05, 0) is 13.8 Å². The van der Waals surface area contributed by atoms with E-state index >= 15 is 0 Å². The van der Waals surface area contributed by atoms with E-state index in [0.717, 1.165) is 0 Å². The molecular formula is C9H18N2O4. The normalized spacial score (nSPS) is 9.47. The zero-order chi connectivity index (χ0) is 11.5. The van der Waals surface area contributed by atoms with Crippen LogP contribution in [0, 0.1) is 0 Å². The number of nitrogens with one attached hydrogen (secondary N) is 2. The molecule has 6 heteroatoms. The molecule has 0 aliphatic heterocycles. The maximum Gasteiger partial charge on any atom is 0.325 e. The van der Waals surface area contributed by atoms with Crippen molar-refractivity contribution in [3.63, 3.8) is 0 Å². The lowest BCUT2D eigenvalue weighted by Gasteiger charge is -2.06. The van der Waals surface area contributed by atoms with Crippen LogP contribution in [0.1, 0.15) is 13.8 Å². The van der Waals surface area contributed by atoms with Gasteiger partial charge in [0.15, 0.2) is 0 Å². The van der Waals surface area contributed by atoms with Crippen molar-refractivity contribution >= 4 is 12.0 Å². The second kappa shape index (κ2) is 9.26. The van der Waals surface area contributed by atoms with Gasteiger partial charge in [-0.1, -0.05) is 0 Å². The van der Waals surface area contributed by atoms with Crippen LogP contribution in [0.2, 0.25) is 0 Å². The summed E-state index contributed by atoms with van der Waals surface area (Å²) in [4.78, 5) is 21.9. The highest BCUT2D eigenvalue weighted by atomic mass is 16.5. The molecule has 2 amide bonds. The van der Waals surface area contributed by atoms with E-state index < -0.39 is 12.0 Å². The number of esters is 1. The van der Waals surface area contributed by atoms with Gasteiger partial charge in [-0.3, -0.25) is 4.79 Å². The summed E-state index contributed by atoms with van der Waals surface area (Å²) >= 11 is 0. The van der Waals surface area contributed by atoms with Crippen molar-refractivity contribution in [2.24, 2.45) is 0 Å². The van der Waals surface area contributed by atoms with Gasteiger partial charge in [-0.2, -0.15) is 0 Å². The lowest BCUT2D eigenvalue weighted by atomic mass is 10.6. The molecule has 0 spiro atoms. The Morgan fingerprint density at radius 3 is 2.47 bits per heavy atom. The van der Waals surface area contributed by atoms with Crippen molar-refractivity contribution in [2.75, 3.05) is 32.9 Å². The standard InChI is InChI=1S/C9H18N2O4/c1-3-14-6-5-10-9(13)11-7-8(12)15-4-2/h3-7H2,1-2H3,(H2,10,11,13). The molecule has 0 aliphatic rings. The number of carbonyl (C=O) groups is 2. The predicted octanol–water partition coefficient (Wildman–Crippen LogP) is -0.115. The van der Waals surface area contributed by atoms with E-state index in [1.165, 1.54) is 0 Å². The van der Waals surface area contributed by atoms with E-state index in [0.29, 0.717) is 26.4 Å². The molecule has 88 valence electrons. The molecule has 0 aromatic rings. The third kappa shape index (κ3) is 9.01. The van der Waals surface area contributed by atoms with Crippen LogP contribution in [0.25, 0.3) is 0 Å². The van der Waals surface area contributed by atoms with Crippen LogP contribution in [-0.2, 0) is 14.3 Å². The first kappa shape index (κ1) is 13.7. The van der Waals surface area contributed by atoms with E-state index in [9.17, 15) is 9.59 Å². The lowest BCUT2D eigenvalue weighted by Crippen LogP contribution is -2.40. The molecule has 0 heterocycles. The first-order chi connectivity index (χ1) is 7.20. The fourth-order valence-electron chi connectivity index (χ4n) is 0.808. The molecule has 0 aliphatic carbocycles. The van der Waals surface area contributed by atoms with Crippen LogP contribution < -0.4 is 10.6 Å². The van der Waals surface area contributed by atoms with Crippen molar-refractivity contribution in [1.82, 2.24) is 10.6 Å². The first-order valence-corrected chi connectivity index (χ1v) is 4.95. The Balaban J connectivity index is 3.36. The number of rotatable bonds is 7. The van der Waals surface area contributed by atoms with Gasteiger partial charge in [-0.15, -0.1) is 0 Å². The Kier molecular flexibility index (Phi) is 8.46. The molecule has 0 fully saturated rings. The molecule has 0 saturated carbocycles. The van der Waals surface area contributed by atoms with Crippen LogP contribution in [-0.4, -0.2) is 44.9 Å². The van der Waals surface area contributed by atoms with Crippen molar-refractivity contribution in [3.05, 3.63) is 0 Å². The lowest BCUT2D eigenvalue weighted by molar-refractivity contribution is -0.141. The highest BCUT2D eigenvalue weighted by molar-refractivity contribution is 5.80. The largest absolute Gasteiger partial charge is 0.465 e. The van der Waals surface area contributed by atoms with Crippen LogP contribution in [0.15, 0.2) is 0 Å². The van der Waals surface area contributed by atoms with Crippen molar-refractivity contribution in [2.45, 2.75) is 13.8 Å². The Morgan fingerprint density at radius 2 is 1.87 bits per heavy atom. The van der Waals surface area contributed by atoms with Crippen LogP contribution in [0.3, 0.4) is 0 Å². The third-order valence-electron chi connectivity index (χ3n) is 1.43. The molecule has 2 N–H and O–H groups in total. The summed E-state index contributed by atoms with van der Waals surface area (Å²) in [7, 11) is 0. The molecule has 0 rings (SSSR count). The molecule has 0 radical (unpaired) electrons. The second-order valence-electron chi connectivity index (χ2n) is 2.61.